The molecule has 0 aliphatic heterocycles. The Morgan fingerprint density at radius 2 is 1.78 bits per heavy atom. The van der Waals surface area contributed by atoms with Crippen molar-refractivity contribution in [3.8, 4) is 0 Å². The normalized spacial score (nSPS) is 23.9. The summed E-state index contributed by atoms with van der Waals surface area (Å²) >= 11 is 0. The highest BCUT2D eigenvalue weighted by atomic mass is 16.1. The average molecular weight is 241 g/mol. The van der Waals surface area contributed by atoms with Crippen molar-refractivity contribution in [2.24, 2.45) is 11.8 Å². The summed E-state index contributed by atoms with van der Waals surface area (Å²) in [7, 11) is 0. The largest absolute Gasteiger partial charge is 0.295 e. The van der Waals surface area contributed by atoms with E-state index in [1.165, 1.54) is 11.1 Å². The molecule has 1 aromatic heterocycles. The predicted octanol–water partition coefficient (Wildman–Crippen LogP) is 3.66. The lowest BCUT2D eigenvalue weighted by molar-refractivity contribution is -0.114. The molecule has 0 fully saturated rings. The van der Waals surface area contributed by atoms with Gasteiger partial charge in [-0.05, 0) is 54.5 Å². The van der Waals surface area contributed by atoms with Gasteiger partial charge in [0.25, 0.3) is 0 Å². The minimum Gasteiger partial charge on any atom is -0.295 e. The highest BCUT2D eigenvalue weighted by molar-refractivity contribution is 5.96. The Morgan fingerprint density at radius 1 is 1.17 bits per heavy atom. The maximum Gasteiger partial charge on any atom is 0.156 e. The van der Waals surface area contributed by atoms with Gasteiger partial charge in [-0.3, -0.25) is 9.78 Å². The van der Waals surface area contributed by atoms with Gasteiger partial charge in [-0.1, -0.05) is 19.9 Å². The number of aromatic nitrogens is 1. The number of pyridine rings is 1. The maximum absolute atomic E-state index is 11.7. The Balaban J connectivity index is 2.51. The number of hydrogen-bond acceptors (Lipinski definition) is 2. The lowest BCUT2D eigenvalue weighted by Crippen LogP contribution is -2.21. The van der Waals surface area contributed by atoms with E-state index in [-0.39, 0.29) is 11.7 Å². The molecule has 0 spiro atoms. The van der Waals surface area contributed by atoms with E-state index in [0.717, 1.165) is 11.1 Å². The van der Waals surface area contributed by atoms with E-state index in [9.17, 15) is 4.79 Å². The number of Topliss-reactive ketones (excluding diaryl/α,β-unsaturated/α-hetero) is 1. The molecule has 1 aromatic rings. The van der Waals surface area contributed by atoms with Crippen molar-refractivity contribution >= 4 is 11.4 Å². The molecule has 0 amide bonds. The van der Waals surface area contributed by atoms with E-state index in [0.29, 0.717) is 5.92 Å². The molecular weight excluding hydrogens is 222 g/mol. The van der Waals surface area contributed by atoms with Crippen LogP contribution in [0.15, 0.2) is 41.7 Å². The summed E-state index contributed by atoms with van der Waals surface area (Å²) in [6, 6.07) is 4.06. The molecule has 0 aromatic carbocycles. The molecule has 2 unspecified atom stereocenters. The van der Waals surface area contributed by atoms with E-state index >= 15 is 0 Å². The monoisotopic (exact) mass is 241 g/mol. The van der Waals surface area contributed by atoms with Crippen LogP contribution in [0.5, 0.6) is 0 Å². The van der Waals surface area contributed by atoms with E-state index in [2.05, 4.69) is 24.9 Å². The van der Waals surface area contributed by atoms with Crippen LogP contribution in [0.3, 0.4) is 0 Å². The van der Waals surface area contributed by atoms with Gasteiger partial charge in [0.2, 0.25) is 0 Å². The van der Waals surface area contributed by atoms with Crippen molar-refractivity contribution in [2.45, 2.75) is 27.7 Å². The molecule has 2 atom stereocenters. The fourth-order valence-corrected chi connectivity index (χ4v) is 2.81. The Labute approximate surface area is 108 Å². The summed E-state index contributed by atoms with van der Waals surface area (Å²) in [4.78, 5) is 15.8. The van der Waals surface area contributed by atoms with Crippen LogP contribution in [-0.4, -0.2) is 10.8 Å². The lowest BCUT2D eigenvalue weighted by Gasteiger charge is -2.30. The van der Waals surface area contributed by atoms with Crippen molar-refractivity contribution in [2.75, 3.05) is 0 Å². The van der Waals surface area contributed by atoms with E-state index < -0.39 is 0 Å². The summed E-state index contributed by atoms with van der Waals surface area (Å²) in [6.07, 6.45) is 5.77. The third-order valence-corrected chi connectivity index (χ3v) is 3.89. The third kappa shape index (κ3) is 2.15. The minimum absolute atomic E-state index is 0.192. The molecule has 18 heavy (non-hydrogen) atoms. The Hall–Kier alpha value is -1.70. The van der Waals surface area contributed by atoms with Gasteiger partial charge in [0.05, 0.1) is 0 Å². The molecule has 94 valence electrons. The molecule has 2 heteroatoms. The molecule has 2 rings (SSSR count). The van der Waals surface area contributed by atoms with E-state index in [1.807, 2.05) is 31.5 Å². The smallest absolute Gasteiger partial charge is 0.156 e. The van der Waals surface area contributed by atoms with Gasteiger partial charge in [-0.15, -0.1) is 0 Å². The van der Waals surface area contributed by atoms with Crippen LogP contribution < -0.4 is 0 Å². The molecule has 0 N–H and O–H groups in total. The SMILES string of the molecule is CC(=O)C1=C(C)C=C(c2ccncc2)C(C)C1C. The Morgan fingerprint density at radius 3 is 2.33 bits per heavy atom. The number of nitrogens with zero attached hydrogens (tertiary/aromatic N) is 1. The molecule has 0 radical (unpaired) electrons. The van der Waals surface area contributed by atoms with Crippen LogP contribution in [0.4, 0.5) is 0 Å². The fourth-order valence-electron chi connectivity index (χ4n) is 2.81. The molecule has 0 bridgehead atoms. The molecule has 0 saturated carbocycles. The zero-order valence-corrected chi connectivity index (χ0v) is 11.4. The van der Waals surface area contributed by atoms with Gasteiger partial charge in [-0.2, -0.15) is 0 Å². The van der Waals surface area contributed by atoms with E-state index in [4.69, 9.17) is 0 Å². The van der Waals surface area contributed by atoms with Gasteiger partial charge in [-0.25, -0.2) is 0 Å². The molecule has 2 nitrogen and oxygen atoms in total. The van der Waals surface area contributed by atoms with Crippen molar-refractivity contribution in [1.29, 1.82) is 0 Å². The molecule has 1 heterocycles. The highest BCUT2D eigenvalue weighted by Gasteiger charge is 2.28. The van der Waals surface area contributed by atoms with Crippen LogP contribution in [0.1, 0.15) is 33.3 Å². The number of allylic oxidation sites excluding steroid dienone is 4. The maximum atomic E-state index is 11.7. The first kappa shape index (κ1) is 12.7. The zero-order valence-electron chi connectivity index (χ0n) is 11.4. The van der Waals surface area contributed by atoms with Crippen molar-refractivity contribution in [1.82, 2.24) is 4.98 Å². The first-order chi connectivity index (χ1) is 8.52. The lowest BCUT2D eigenvalue weighted by atomic mass is 9.74. The Bertz CT molecular complexity index is 525. The molecule has 1 aliphatic carbocycles. The number of carbonyl (C=O) groups is 1. The summed E-state index contributed by atoms with van der Waals surface area (Å²) < 4.78 is 0. The van der Waals surface area contributed by atoms with Gasteiger partial charge in [0.1, 0.15) is 0 Å². The topological polar surface area (TPSA) is 30.0 Å². The highest BCUT2D eigenvalue weighted by Crippen LogP contribution is 2.39. The summed E-state index contributed by atoms with van der Waals surface area (Å²) in [6.45, 7) is 8.01. The number of hydrogen-bond donors (Lipinski definition) is 0. The number of rotatable bonds is 2. The van der Waals surface area contributed by atoms with Crippen LogP contribution >= 0.6 is 0 Å². The molecular formula is C16H19NO. The molecule has 1 aliphatic rings. The van der Waals surface area contributed by atoms with Gasteiger partial charge < -0.3 is 0 Å². The first-order valence-corrected chi connectivity index (χ1v) is 6.36. The van der Waals surface area contributed by atoms with Gasteiger partial charge in [0, 0.05) is 18.0 Å². The number of ketones is 1. The van der Waals surface area contributed by atoms with E-state index in [1.54, 1.807) is 6.92 Å². The number of carbonyl (C=O) groups excluding carboxylic acids is 1. The van der Waals surface area contributed by atoms with Crippen LogP contribution in [0, 0.1) is 11.8 Å². The van der Waals surface area contributed by atoms with Crippen LogP contribution in [-0.2, 0) is 4.79 Å². The average Bonchev–Trinajstić information content (AvgIpc) is 2.34. The standard InChI is InChI=1S/C16H19NO/c1-10-9-15(14-5-7-17-8-6-14)11(2)12(3)16(10)13(4)18/h5-9,11-12H,1-4H3. The van der Waals surface area contributed by atoms with Crippen LogP contribution in [0.2, 0.25) is 0 Å². The second-order valence-electron chi connectivity index (χ2n) is 5.07. The van der Waals surface area contributed by atoms with Gasteiger partial charge in [0.15, 0.2) is 5.78 Å². The quantitative estimate of drug-likeness (QED) is 0.791. The fraction of sp³-hybridized carbons (Fsp3) is 0.375. The predicted molar refractivity (Wildman–Crippen MR) is 73.9 cm³/mol. The summed E-state index contributed by atoms with van der Waals surface area (Å²) in [5.74, 6) is 0.822. The first-order valence-electron chi connectivity index (χ1n) is 6.36. The second-order valence-corrected chi connectivity index (χ2v) is 5.07. The Kier molecular flexibility index (Phi) is 3.46. The second kappa shape index (κ2) is 4.89. The zero-order chi connectivity index (χ0) is 13.3. The minimum atomic E-state index is 0.192. The van der Waals surface area contributed by atoms with Crippen molar-refractivity contribution in [3.63, 3.8) is 0 Å². The van der Waals surface area contributed by atoms with Gasteiger partial charge >= 0.3 is 0 Å². The van der Waals surface area contributed by atoms with Crippen LogP contribution in [0.25, 0.3) is 5.57 Å². The summed E-state index contributed by atoms with van der Waals surface area (Å²) in [5.41, 5.74) is 4.57. The van der Waals surface area contributed by atoms with Crippen molar-refractivity contribution < 1.29 is 4.79 Å². The summed E-state index contributed by atoms with van der Waals surface area (Å²) in [5, 5.41) is 0. The molecule has 0 saturated heterocycles. The van der Waals surface area contributed by atoms with Crippen molar-refractivity contribution in [3.05, 3.63) is 47.3 Å². The third-order valence-electron chi connectivity index (χ3n) is 3.89.